The molecule has 0 radical (unpaired) electrons. The normalized spacial score (nSPS) is 27.4. The van der Waals surface area contributed by atoms with Gasteiger partial charge in [-0.2, -0.15) is 9.97 Å². The number of phosphoric acid groups is 1. The summed E-state index contributed by atoms with van der Waals surface area (Å²) in [7, 11) is -2.90. The van der Waals surface area contributed by atoms with E-state index >= 15 is 0 Å². The maximum Gasteiger partial charge on any atom is 0.479 e. The minimum Gasteiger partial charge on any atom is -0.383 e. The van der Waals surface area contributed by atoms with Crippen molar-refractivity contribution < 1.29 is 27.6 Å². The van der Waals surface area contributed by atoms with Crippen molar-refractivity contribution in [3.63, 3.8) is 0 Å². The molecule has 174 valence electrons. The number of hydrogen-bond donors (Lipinski definition) is 2. The molecule has 15 heteroatoms. The predicted molar refractivity (Wildman–Crippen MR) is 109 cm³/mol. The molecule has 4 heterocycles. The van der Waals surface area contributed by atoms with Crippen LogP contribution in [0.15, 0.2) is 34.1 Å². The van der Waals surface area contributed by atoms with Crippen LogP contribution >= 0.6 is 7.82 Å². The molecule has 0 saturated carbocycles. The fourth-order valence-electron chi connectivity index (χ4n) is 3.43. The van der Waals surface area contributed by atoms with Gasteiger partial charge in [0.15, 0.2) is 12.6 Å². The van der Waals surface area contributed by atoms with Gasteiger partial charge in [-0.3, -0.25) is 22.7 Å². The first-order valence-corrected chi connectivity index (χ1v) is 11.3. The summed E-state index contributed by atoms with van der Waals surface area (Å²) in [6, 6.07) is 2.94. The molecule has 2 aliphatic rings. The number of hydrogen-bond acceptors (Lipinski definition) is 12. The minimum atomic E-state index is -4.07. The van der Waals surface area contributed by atoms with E-state index in [2.05, 4.69) is 9.97 Å². The molecule has 2 aromatic heterocycles. The summed E-state index contributed by atoms with van der Waals surface area (Å²) in [4.78, 5) is 31.3. The van der Waals surface area contributed by atoms with Crippen molar-refractivity contribution >= 4 is 19.5 Å². The van der Waals surface area contributed by atoms with Crippen LogP contribution < -0.4 is 22.8 Å². The Morgan fingerprint density at radius 1 is 0.906 bits per heavy atom. The number of phosphoric ester groups is 1. The Balaban J connectivity index is 1.36. The molecule has 14 nitrogen and oxygen atoms in total. The Labute approximate surface area is 181 Å². The molecule has 0 spiro atoms. The molecule has 2 aliphatic heterocycles. The van der Waals surface area contributed by atoms with Crippen LogP contribution in [0.4, 0.5) is 11.6 Å². The topological polar surface area (TPSA) is 185 Å². The van der Waals surface area contributed by atoms with Crippen molar-refractivity contribution in [1.29, 1.82) is 0 Å². The van der Waals surface area contributed by atoms with Gasteiger partial charge in [0, 0.05) is 32.3 Å². The maximum absolute atomic E-state index is 13.0. The second-order valence-corrected chi connectivity index (χ2v) is 8.80. The van der Waals surface area contributed by atoms with Crippen LogP contribution in [-0.4, -0.2) is 38.8 Å². The highest BCUT2D eigenvalue weighted by atomic mass is 31.2. The van der Waals surface area contributed by atoms with Crippen molar-refractivity contribution in [1.82, 2.24) is 19.1 Å². The quantitative estimate of drug-likeness (QED) is 0.541. The van der Waals surface area contributed by atoms with Gasteiger partial charge in [-0.1, -0.05) is 0 Å². The van der Waals surface area contributed by atoms with Gasteiger partial charge in [-0.05, 0) is 25.0 Å². The van der Waals surface area contributed by atoms with E-state index in [1.54, 1.807) is 0 Å². The minimum absolute atomic E-state index is 0.0983. The zero-order chi connectivity index (χ0) is 22.9. The molecule has 4 N–H and O–H groups in total. The average molecular weight is 470 g/mol. The monoisotopic (exact) mass is 470 g/mol. The third kappa shape index (κ3) is 4.90. The Morgan fingerprint density at radius 2 is 1.34 bits per heavy atom. The van der Waals surface area contributed by atoms with Gasteiger partial charge in [-0.15, -0.1) is 0 Å². The lowest BCUT2D eigenvalue weighted by Gasteiger charge is -2.23. The smallest absolute Gasteiger partial charge is 0.383 e. The van der Waals surface area contributed by atoms with Crippen LogP contribution in [0.1, 0.15) is 38.1 Å². The van der Waals surface area contributed by atoms with E-state index in [9.17, 15) is 14.2 Å². The highest BCUT2D eigenvalue weighted by Gasteiger charge is 2.40. The second-order valence-electron chi connectivity index (χ2n) is 7.12. The highest BCUT2D eigenvalue weighted by Crippen LogP contribution is 2.54. The van der Waals surface area contributed by atoms with Crippen LogP contribution in [0.3, 0.4) is 0 Å². The first-order chi connectivity index (χ1) is 15.3. The number of ether oxygens (including phenoxy) is 2. The highest BCUT2D eigenvalue weighted by molar-refractivity contribution is 7.48. The lowest BCUT2D eigenvalue weighted by atomic mass is 10.3. The molecule has 1 unspecified atom stereocenters. The average Bonchev–Trinajstić information content (AvgIpc) is 3.37. The number of aromatic nitrogens is 4. The summed E-state index contributed by atoms with van der Waals surface area (Å²) < 4.78 is 42.7. The van der Waals surface area contributed by atoms with Gasteiger partial charge in [-0.25, -0.2) is 14.2 Å². The number of nitrogen functional groups attached to an aromatic ring is 2. The summed E-state index contributed by atoms with van der Waals surface area (Å²) in [5, 5.41) is 0. The second kappa shape index (κ2) is 9.10. The molecule has 0 amide bonds. The van der Waals surface area contributed by atoms with E-state index in [-0.39, 0.29) is 11.6 Å². The van der Waals surface area contributed by atoms with Crippen LogP contribution in [0.25, 0.3) is 0 Å². The maximum atomic E-state index is 13.0. The van der Waals surface area contributed by atoms with E-state index in [0.29, 0.717) is 25.7 Å². The van der Waals surface area contributed by atoms with E-state index < -0.39 is 44.2 Å². The first kappa shape index (κ1) is 22.6. The Hall–Kier alpha value is -2.61. The fourth-order valence-corrected chi connectivity index (χ4v) is 4.54. The van der Waals surface area contributed by atoms with E-state index in [1.807, 2.05) is 0 Å². The van der Waals surface area contributed by atoms with Crippen molar-refractivity contribution in [2.75, 3.05) is 18.6 Å². The molecule has 2 fully saturated rings. The molecule has 5 atom stereocenters. The van der Waals surface area contributed by atoms with E-state index in [4.69, 9.17) is 34.5 Å². The van der Waals surface area contributed by atoms with Crippen molar-refractivity contribution in [3.05, 3.63) is 45.5 Å². The predicted octanol–water partition coefficient (Wildman–Crippen LogP) is 0.723. The zero-order valence-corrected chi connectivity index (χ0v) is 18.0. The SMILES string of the molecule is COP(=O)(O[C@@H]1CC[C@@H](n2ccc(N)nc2=O)O1)O[C@@H]1CC[C@H](n2ccc(N)nc2=O)O1. The Kier molecular flexibility index (Phi) is 6.42. The van der Waals surface area contributed by atoms with Crippen molar-refractivity contribution in [2.24, 2.45) is 0 Å². The molecule has 2 aromatic rings. The van der Waals surface area contributed by atoms with Crippen molar-refractivity contribution in [2.45, 2.75) is 50.7 Å². The van der Waals surface area contributed by atoms with Crippen LogP contribution in [0.2, 0.25) is 0 Å². The van der Waals surface area contributed by atoms with Crippen LogP contribution in [0.5, 0.6) is 0 Å². The van der Waals surface area contributed by atoms with E-state index in [1.165, 1.54) is 40.8 Å². The third-order valence-corrected chi connectivity index (χ3v) is 6.39. The van der Waals surface area contributed by atoms with Gasteiger partial charge >= 0.3 is 19.2 Å². The van der Waals surface area contributed by atoms with Gasteiger partial charge in [0.25, 0.3) is 0 Å². The Morgan fingerprint density at radius 3 is 1.72 bits per heavy atom. The number of anilines is 2. The molecule has 0 bridgehead atoms. The molecule has 0 aromatic carbocycles. The number of rotatable bonds is 7. The molecular weight excluding hydrogens is 447 g/mol. The molecule has 0 aliphatic carbocycles. The fraction of sp³-hybridized carbons (Fsp3) is 0.529. The lowest BCUT2D eigenvalue weighted by Crippen LogP contribution is -2.28. The molecular formula is C17H23N6O8P. The standard InChI is InChI=1S/C17H23N6O8P/c1-27-32(26,30-14-4-2-12(28-14)22-8-6-10(18)20-16(22)24)31-15-5-3-13(29-15)23-9-7-11(19)21-17(23)25/h6-9,12-15H,2-5H2,1H3,(H2,18,20,24)(H2,19,21,25)/t12-,13+,14-,15-,32?/m1/s1. The van der Waals surface area contributed by atoms with Crippen LogP contribution in [-0.2, 0) is 27.6 Å². The van der Waals surface area contributed by atoms with Crippen molar-refractivity contribution in [3.8, 4) is 0 Å². The summed E-state index contributed by atoms with van der Waals surface area (Å²) in [5.41, 5.74) is 9.85. The summed E-state index contributed by atoms with van der Waals surface area (Å²) in [6.45, 7) is 0. The summed E-state index contributed by atoms with van der Waals surface area (Å²) >= 11 is 0. The first-order valence-electron chi connectivity index (χ1n) is 9.79. The van der Waals surface area contributed by atoms with Gasteiger partial charge in [0.2, 0.25) is 0 Å². The molecule has 4 rings (SSSR count). The summed E-state index contributed by atoms with van der Waals surface area (Å²) in [6.07, 6.45) is 1.19. The molecule has 32 heavy (non-hydrogen) atoms. The van der Waals surface area contributed by atoms with Gasteiger partial charge in [0.05, 0.1) is 0 Å². The van der Waals surface area contributed by atoms with Gasteiger partial charge < -0.3 is 20.9 Å². The third-order valence-electron chi connectivity index (χ3n) is 4.96. The molecule has 2 saturated heterocycles. The van der Waals surface area contributed by atoms with E-state index in [0.717, 1.165) is 0 Å². The summed E-state index contributed by atoms with van der Waals surface area (Å²) in [5.74, 6) is 0.197. The lowest BCUT2D eigenvalue weighted by molar-refractivity contribution is -0.141. The Bertz CT molecular complexity index is 1060. The number of nitrogens with two attached hydrogens (primary N) is 2. The van der Waals surface area contributed by atoms with Crippen LogP contribution in [0, 0.1) is 0 Å². The number of nitrogens with zero attached hydrogens (tertiary/aromatic N) is 4. The van der Waals surface area contributed by atoms with Gasteiger partial charge in [0.1, 0.15) is 24.1 Å². The largest absolute Gasteiger partial charge is 0.479 e. The zero-order valence-electron chi connectivity index (χ0n) is 17.1.